The molecule has 110 valence electrons. The van der Waals surface area contributed by atoms with E-state index < -0.39 is 12.6 Å². The Morgan fingerprint density at radius 3 is 1.50 bits per heavy atom. The van der Waals surface area contributed by atoms with Crippen molar-refractivity contribution in [2.75, 3.05) is 13.2 Å². The second-order valence-corrected chi connectivity index (χ2v) is 4.50. The van der Waals surface area contributed by atoms with E-state index in [-0.39, 0.29) is 25.4 Å². The zero-order chi connectivity index (χ0) is 14.1. The van der Waals surface area contributed by atoms with E-state index in [0.717, 1.165) is 0 Å². The third kappa shape index (κ3) is 9.76. The van der Waals surface area contributed by atoms with Gasteiger partial charge in [0, 0.05) is 0 Å². The molecule has 0 fully saturated rings. The molecule has 6 nitrogen and oxygen atoms in total. The van der Waals surface area contributed by atoms with E-state index in [2.05, 4.69) is 0 Å². The lowest BCUT2D eigenvalue weighted by atomic mass is 10.5. The average molecular weight is 265 g/mol. The lowest BCUT2D eigenvalue weighted by Gasteiger charge is -2.28. The molecular weight excluding hydrogens is 238 g/mol. The van der Waals surface area contributed by atoms with Crippen molar-refractivity contribution in [3.05, 3.63) is 0 Å². The lowest BCUT2D eigenvalue weighted by molar-refractivity contribution is -0.454. The minimum Gasteiger partial charge on any atom is -0.395 e. The Labute approximate surface area is 110 Å². The second-order valence-electron chi connectivity index (χ2n) is 4.50. The first kappa shape index (κ1) is 17.8. The van der Waals surface area contributed by atoms with Crippen molar-refractivity contribution in [3.8, 4) is 0 Å². The van der Waals surface area contributed by atoms with Gasteiger partial charge in [0.1, 0.15) is 0 Å². The molecule has 0 aliphatic heterocycles. The standard InChI is InChI=1S/C12H27NO5/c1-9(2)15-11(5)17-13(7-8-14)18-12(6)16-10(3)4/h9-12,14H,7-8H2,1-6H3. The summed E-state index contributed by atoms with van der Waals surface area (Å²) in [5, 5.41) is 10.1. The van der Waals surface area contributed by atoms with Gasteiger partial charge in [0.2, 0.25) is 0 Å². The predicted molar refractivity (Wildman–Crippen MR) is 67.3 cm³/mol. The van der Waals surface area contributed by atoms with E-state index in [4.69, 9.17) is 24.3 Å². The molecule has 0 aromatic carbocycles. The van der Waals surface area contributed by atoms with Gasteiger partial charge >= 0.3 is 0 Å². The summed E-state index contributed by atoms with van der Waals surface area (Å²) in [7, 11) is 0. The van der Waals surface area contributed by atoms with Crippen LogP contribution in [0.15, 0.2) is 0 Å². The molecule has 0 saturated heterocycles. The van der Waals surface area contributed by atoms with Crippen LogP contribution in [0.25, 0.3) is 0 Å². The summed E-state index contributed by atoms with van der Waals surface area (Å²) in [6.45, 7) is 11.3. The van der Waals surface area contributed by atoms with Crippen LogP contribution in [-0.2, 0) is 19.1 Å². The van der Waals surface area contributed by atoms with Gasteiger partial charge in [0.15, 0.2) is 12.6 Å². The van der Waals surface area contributed by atoms with E-state index >= 15 is 0 Å². The first-order valence-electron chi connectivity index (χ1n) is 6.38. The van der Waals surface area contributed by atoms with Crippen molar-refractivity contribution < 1.29 is 24.3 Å². The van der Waals surface area contributed by atoms with Gasteiger partial charge in [-0.2, -0.15) is 0 Å². The van der Waals surface area contributed by atoms with Gasteiger partial charge in [0.25, 0.3) is 0 Å². The number of ether oxygens (including phenoxy) is 2. The molecule has 2 atom stereocenters. The molecule has 6 heteroatoms. The molecule has 0 aromatic rings. The molecule has 0 aromatic heterocycles. The number of hydrogen-bond donors (Lipinski definition) is 1. The third-order valence-electron chi connectivity index (χ3n) is 1.74. The zero-order valence-electron chi connectivity index (χ0n) is 12.3. The van der Waals surface area contributed by atoms with Crippen molar-refractivity contribution in [1.82, 2.24) is 5.23 Å². The summed E-state index contributed by atoms with van der Waals surface area (Å²) in [4.78, 5) is 10.8. The molecule has 0 rings (SSSR count). The average Bonchev–Trinajstić information content (AvgIpc) is 2.14. The first-order valence-corrected chi connectivity index (χ1v) is 6.38. The van der Waals surface area contributed by atoms with Gasteiger partial charge < -0.3 is 14.6 Å². The van der Waals surface area contributed by atoms with Crippen LogP contribution in [0.5, 0.6) is 0 Å². The monoisotopic (exact) mass is 265 g/mol. The summed E-state index contributed by atoms with van der Waals surface area (Å²) in [6.07, 6.45) is -0.800. The summed E-state index contributed by atoms with van der Waals surface area (Å²) in [5.74, 6) is 0. The normalized spacial score (nSPS) is 15.7. The van der Waals surface area contributed by atoms with Gasteiger partial charge in [-0.3, -0.25) is 0 Å². The Morgan fingerprint density at radius 1 is 0.833 bits per heavy atom. The van der Waals surface area contributed by atoms with Gasteiger partial charge in [0.05, 0.1) is 25.4 Å². The molecule has 0 spiro atoms. The van der Waals surface area contributed by atoms with Gasteiger partial charge in [-0.1, -0.05) is 5.23 Å². The van der Waals surface area contributed by atoms with E-state index in [1.165, 1.54) is 5.23 Å². The quantitative estimate of drug-likeness (QED) is 0.479. The van der Waals surface area contributed by atoms with Crippen LogP contribution < -0.4 is 0 Å². The zero-order valence-corrected chi connectivity index (χ0v) is 12.3. The van der Waals surface area contributed by atoms with Crippen molar-refractivity contribution in [2.45, 2.75) is 66.3 Å². The molecule has 18 heavy (non-hydrogen) atoms. The highest BCUT2D eigenvalue weighted by atomic mass is 17.0. The van der Waals surface area contributed by atoms with Crippen LogP contribution in [0.2, 0.25) is 0 Å². The maximum Gasteiger partial charge on any atom is 0.177 e. The Kier molecular flexibility index (Phi) is 9.53. The highest BCUT2D eigenvalue weighted by Crippen LogP contribution is 2.07. The number of aliphatic hydroxyl groups excluding tert-OH is 1. The highest BCUT2D eigenvalue weighted by Gasteiger charge is 2.16. The molecule has 0 aliphatic carbocycles. The Balaban J connectivity index is 4.12. The molecule has 0 aliphatic rings. The van der Waals surface area contributed by atoms with Crippen LogP contribution in [0.4, 0.5) is 0 Å². The highest BCUT2D eigenvalue weighted by molar-refractivity contribution is 4.40. The molecule has 0 heterocycles. The predicted octanol–water partition coefficient (Wildman–Crippen LogP) is 1.69. The largest absolute Gasteiger partial charge is 0.395 e. The van der Waals surface area contributed by atoms with Crippen molar-refractivity contribution >= 4 is 0 Å². The van der Waals surface area contributed by atoms with Crippen LogP contribution in [0.1, 0.15) is 41.5 Å². The first-order chi connectivity index (χ1) is 8.35. The number of rotatable bonds is 10. The van der Waals surface area contributed by atoms with Crippen molar-refractivity contribution in [3.63, 3.8) is 0 Å². The maximum atomic E-state index is 8.94. The molecule has 0 saturated carbocycles. The SMILES string of the molecule is CC(C)OC(C)ON(CCO)OC(C)OC(C)C. The molecule has 0 amide bonds. The summed E-state index contributed by atoms with van der Waals surface area (Å²) in [6, 6.07) is 0. The van der Waals surface area contributed by atoms with Gasteiger partial charge in [-0.25, -0.2) is 9.68 Å². The van der Waals surface area contributed by atoms with Crippen molar-refractivity contribution in [1.29, 1.82) is 0 Å². The maximum absolute atomic E-state index is 8.94. The topological polar surface area (TPSA) is 60.4 Å². The Morgan fingerprint density at radius 2 is 1.22 bits per heavy atom. The lowest BCUT2D eigenvalue weighted by Crippen LogP contribution is -2.37. The Bertz CT molecular complexity index is 183. The minimum atomic E-state index is -0.456. The molecular formula is C12H27NO5. The van der Waals surface area contributed by atoms with E-state index in [9.17, 15) is 0 Å². The number of hydrogen-bond acceptors (Lipinski definition) is 6. The van der Waals surface area contributed by atoms with Crippen LogP contribution in [0, 0.1) is 0 Å². The molecule has 0 bridgehead atoms. The van der Waals surface area contributed by atoms with E-state index in [1.54, 1.807) is 13.8 Å². The van der Waals surface area contributed by atoms with Crippen LogP contribution >= 0.6 is 0 Å². The van der Waals surface area contributed by atoms with Gasteiger partial charge in [-0.15, -0.1) is 0 Å². The Hall–Kier alpha value is -0.240. The van der Waals surface area contributed by atoms with Crippen molar-refractivity contribution in [2.24, 2.45) is 0 Å². The number of aliphatic hydroxyl groups is 1. The fourth-order valence-electron chi connectivity index (χ4n) is 1.36. The van der Waals surface area contributed by atoms with Crippen LogP contribution in [-0.4, -0.2) is 48.3 Å². The molecule has 0 radical (unpaired) electrons. The summed E-state index contributed by atoms with van der Waals surface area (Å²) >= 11 is 0. The third-order valence-corrected chi connectivity index (χ3v) is 1.74. The minimum absolute atomic E-state index is 0.0558. The smallest absolute Gasteiger partial charge is 0.177 e. The molecule has 2 unspecified atom stereocenters. The number of nitrogens with zero attached hydrogens (tertiary/aromatic N) is 1. The number of hydroxylamine groups is 2. The fourth-order valence-corrected chi connectivity index (χ4v) is 1.36. The fraction of sp³-hybridized carbons (Fsp3) is 1.00. The molecule has 1 N–H and O–H groups in total. The van der Waals surface area contributed by atoms with Crippen LogP contribution in [0.3, 0.4) is 0 Å². The summed E-state index contributed by atoms with van der Waals surface area (Å²) in [5.41, 5.74) is 0. The van der Waals surface area contributed by atoms with E-state index in [1.807, 2.05) is 27.7 Å². The van der Waals surface area contributed by atoms with Gasteiger partial charge in [-0.05, 0) is 41.5 Å². The van der Waals surface area contributed by atoms with E-state index in [0.29, 0.717) is 0 Å². The summed E-state index contributed by atoms with van der Waals surface area (Å²) < 4.78 is 10.8. The second kappa shape index (κ2) is 9.66.